The molecule has 1 amide bonds. The van der Waals surface area contributed by atoms with Crippen LogP contribution in [0.5, 0.6) is 0 Å². The van der Waals surface area contributed by atoms with Crippen molar-refractivity contribution in [1.29, 1.82) is 0 Å². The fraction of sp³-hybridized carbons (Fsp3) is 0.462. The summed E-state index contributed by atoms with van der Waals surface area (Å²) in [5.41, 5.74) is 0.924. The van der Waals surface area contributed by atoms with Crippen LogP contribution in [0.25, 0.3) is 0 Å². The van der Waals surface area contributed by atoms with Gasteiger partial charge in [0, 0.05) is 24.2 Å². The smallest absolute Gasteiger partial charge is 0.224 e. The molecular weight excluding hydrogens is 252 g/mol. The lowest BCUT2D eigenvalue weighted by molar-refractivity contribution is -0.120. The van der Waals surface area contributed by atoms with E-state index in [0.717, 1.165) is 18.7 Å². The minimum Gasteiger partial charge on any atom is -0.378 e. The van der Waals surface area contributed by atoms with Gasteiger partial charge in [0.1, 0.15) is 0 Å². The summed E-state index contributed by atoms with van der Waals surface area (Å²) >= 11 is 5.87. The third kappa shape index (κ3) is 4.29. The molecule has 0 spiro atoms. The van der Waals surface area contributed by atoms with E-state index in [4.69, 9.17) is 16.3 Å². The fourth-order valence-corrected chi connectivity index (χ4v) is 2.10. The number of halogens is 1. The summed E-state index contributed by atoms with van der Waals surface area (Å²) in [6.45, 7) is 2.83. The molecule has 0 aromatic heterocycles. The van der Waals surface area contributed by atoms with Crippen LogP contribution in [-0.4, -0.2) is 38.3 Å². The summed E-state index contributed by atoms with van der Waals surface area (Å²) in [5.74, 6) is 0.00430. The second kappa shape index (κ2) is 6.73. The molecule has 18 heavy (non-hydrogen) atoms. The summed E-state index contributed by atoms with van der Waals surface area (Å²) in [4.78, 5) is 11.7. The Morgan fingerprint density at radius 1 is 1.56 bits per heavy atom. The van der Waals surface area contributed by atoms with Gasteiger partial charge >= 0.3 is 0 Å². The van der Waals surface area contributed by atoms with Crippen LogP contribution >= 0.6 is 11.6 Å². The molecule has 0 bridgehead atoms. The number of hydrogen-bond donors (Lipinski definition) is 2. The van der Waals surface area contributed by atoms with Gasteiger partial charge in [0.2, 0.25) is 5.91 Å². The standard InChI is InChI=1S/C13H17ClN2O2/c14-11-3-1-2-10(6-11)7-13(17)16-8-12-9-18-5-4-15-12/h1-3,6,12,15H,4-5,7-9H2,(H,16,17). The van der Waals surface area contributed by atoms with Crippen LogP contribution < -0.4 is 10.6 Å². The van der Waals surface area contributed by atoms with Gasteiger partial charge in [-0.15, -0.1) is 0 Å². The van der Waals surface area contributed by atoms with E-state index in [9.17, 15) is 4.79 Å². The number of carbonyl (C=O) groups is 1. The van der Waals surface area contributed by atoms with Crippen molar-refractivity contribution in [1.82, 2.24) is 10.6 Å². The first kappa shape index (κ1) is 13.3. The van der Waals surface area contributed by atoms with Crippen molar-refractivity contribution in [3.05, 3.63) is 34.9 Å². The maximum absolute atomic E-state index is 11.7. The number of amides is 1. The van der Waals surface area contributed by atoms with Crippen molar-refractivity contribution in [3.63, 3.8) is 0 Å². The number of morpholine rings is 1. The minimum atomic E-state index is 0.00430. The molecule has 4 nitrogen and oxygen atoms in total. The Bertz CT molecular complexity index is 406. The van der Waals surface area contributed by atoms with E-state index in [-0.39, 0.29) is 11.9 Å². The first-order chi connectivity index (χ1) is 8.74. The number of rotatable bonds is 4. The maximum Gasteiger partial charge on any atom is 0.224 e. The zero-order valence-corrected chi connectivity index (χ0v) is 10.9. The van der Waals surface area contributed by atoms with Crippen molar-refractivity contribution < 1.29 is 9.53 Å². The van der Waals surface area contributed by atoms with Gasteiger partial charge in [0.05, 0.1) is 19.6 Å². The zero-order chi connectivity index (χ0) is 12.8. The average Bonchev–Trinajstić information content (AvgIpc) is 2.38. The highest BCUT2D eigenvalue weighted by molar-refractivity contribution is 6.30. The first-order valence-corrected chi connectivity index (χ1v) is 6.44. The molecule has 1 aliphatic heterocycles. The Hall–Kier alpha value is -1.10. The highest BCUT2D eigenvalue weighted by Crippen LogP contribution is 2.10. The van der Waals surface area contributed by atoms with Gasteiger partial charge in [0.15, 0.2) is 0 Å². The highest BCUT2D eigenvalue weighted by Gasteiger charge is 2.13. The summed E-state index contributed by atoms with van der Waals surface area (Å²) in [5, 5.41) is 6.84. The molecule has 2 rings (SSSR count). The first-order valence-electron chi connectivity index (χ1n) is 6.06. The summed E-state index contributed by atoms with van der Waals surface area (Å²) in [7, 11) is 0. The fourth-order valence-electron chi connectivity index (χ4n) is 1.88. The van der Waals surface area contributed by atoms with Crippen LogP contribution in [-0.2, 0) is 16.0 Å². The molecular formula is C13H17ClN2O2. The van der Waals surface area contributed by atoms with Crippen molar-refractivity contribution in [2.24, 2.45) is 0 Å². The molecule has 1 aliphatic rings. The topological polar surface area (TPSA) is 50.4 Å². The van der Waals surface area contributed by atoms with Crippen molar-refractivity contribution in [2.75, 3.05) is 26.3 Å². The van der Waals surface area contributed by atoms with E-state index >= 15 is 0 Å². The van der Waals surface area contributed by atoms with Gasteiger partial charge in [-0.3, -0.25) is 4.79 Å². The van der Waals surface area contributed by atoms with E-state index in [2.05, 4.69) is 10.6 Å². The molecule has 1 heterocycles. The van der Waals surface area contributed by atoms with E-state index in [1.165, 1.54) is 0 Å². The van der Waals surface area contributed by atoms with Gasteiger partial charge in [-0.05, 0) is 17.7 Å². The second-order valence-electron chi connectivity index (χ2n) is 4.34. The van der Waals surface area contributed by atoms with Gasteiger partial charge < -0.3 is 15.4 Å². The number of ether oxygens (including phenoxy) is 1. The van der Waals surface area contributed by atoms with E-state index in [1.807, 2.05) is 18.2 Å². The lowest BCUT2D eigenvalue weighted by Gasteiger charge is -2.23. The quantitative estimate of drug-likeness (QED) is 0.856. The van der Waals surface area contributed by atoms with Crippen LogP contribution in [0, 0.1) is 0 Å². The molecule has 1 unspecified atom stereocenters. The second-order valence-corrected chi connectivity index (χ2v) is 4.77. The summed E-state index contributed by atoms with van der Waals surface area (Å²) in [6, 6.07) is 7.56. The molecule has 5 heteroatoms. The molecule has 1 saturated heterocycles. The molecule has 2 N–H and O–H groups in total. The molecule has 1 aromatic rings. The molecule has 0 saturated carbocycles. The lowest BCUT2D eigenvalue weighted by Crippen LogP contribution is -2.48. The predicted molar refractivity (Wildman–Crippen MR) is 70.8 cm³/mol. The maximum atomic E-state index is 11.7. The molecule has 98 valence electrons. The van der Waals surface area contributed by atoms with Crippen LogP contribution in [0.2, 0.25) is 5.02 Å². The van der Waals surface area contributed by atoms with Crippen molar-refractivity contribution in [2.45, 2.75) is 12.5 Å². The average molecular weight is 269 g/mol. The number of nitrogens with one attached hydrogen (secondary N) is 2. The SMILES string of the molecule is O=C(Cc1cccc(Cl)c1)NCC1COCCN1. The Balaban J connectivity index is 1.74. The van der Waals surface area contributed by atoms with E-state index in [0.29, 0.717) is 24.6 Å². The van der Waals surface area contributed by atoms with Crippen LogP contribution in [0.1, 0.15) is 5.56 Å². The Morgan fingerprint density at radius 3 is 3.17 bits per heavy atom. The third-order valence-corrected chi connectivity index (χ3v) is 3.03. The van der Waals surface area contributed by atoms with Crippen LogP contribution in [0.15, 0.2) is 24.3 Å². The normalized spacial score (nSPS) is 19.5. The van der Waals surface area contributed by atoms with Crippen molar-refractivity contribution >= 4 is 17.5 Å². The Kier molecular flexibility index (Phi) is 4.99. The Labute approximate surface area is 112 Å². The van der Waals surface area contributed by atoms with Gasteiger partial charge in [-0.25, -0.2) is 0 Å². The predicted octanol–water partition coefficient (Wildman–Crippen LogP) is 0.987. The van der Waals surface area contributed by atoms with E-state index < -0.39 is 0 Å². The van der Waals surface area contributed by atoms with Gasteiger partial charge in [-0.1, -0.05) is 23.7 Å². The molecule has 1 atom stereocenters. The molecule has 1 fully saturated rings. The monoisotopic (exact) mass is 268 g/mol. The highest BCUT2D eigenvalue weighted by atomic mass is 35.5. The summed E-state index contributed by atoms with van der Waals surface area (Å²) < 4.78 is 5.32. The van der Waals surface area contributed by atoms with Crippen molar-refractivity contribution in [3.8, 4) is 0 Å². The lowest BCUT2D eigenvalue weighted by atomic mass is 10.1. The molecule has 0 aliphatic carbocycles. The Morgan fingerprint density at radius 2 is 2.44 bits per heavy atom. The third-order valence-electron chi connectivity index (χ3n) is 2.80. The summed E-state index contributed by atoms with van der Waals surface area (Å²) in [6.07, 6.45) is 0.355. The molecule has 0 radical (unpaired) electrons. The van der Waals surface area contributed by atoms with E-state index in [1.54, 1.807) is 6.07 Å². The van der Waals surface area contributed by atoms with Crippen LogP contribution in [0.3, 0.4) is 0 Å². The molecule has 1 aromatic carbocycles. The number of hydrogen-bond acceptors (Lipinski definition) is 3. The van der Waals surface area contributed by atoms with Gasteiger partial charge in [0.25, 0.3) is 0 Å². The van der Waals surface area contributed by atoms with Crippen LogP contribution in [0.4, 0.5) is 0 Å². The largest absolute Gasteiger partial charge is 0.378 e. The number of benzene rings is 1. The van der Waals surface area contributed by atoms with Gasteiger partial charge in [-0.2, -0.15) is 0 Å². The zero-order valence-electron chi connectivity index (χ0n) is 10.1. The minimum absolute atomic E-state index is 0.00430. The number of carbonyl (C=O) groups excluding carboxylic acids is 1.